The van der Waals surface area contributed by atoms with Crippen LogP contribution in [0.5, 0.6) is 0 Å². The van der Waals surface area contributed by atoms with Crippen molar-refractivity contribution in [1.29, 1.82) is 0 Å². The van der Waals surface area contributed by atoms with Crippen molar-refractivity contribution in [3.05, 3.63) is 59.1 Å². The molecule has 0 aliphatic carbocycles. The van der Waals surface area contributed by atoms with Crippen LogP contribution in [0.4, 0.5) is 5.69 Å². The summed E-state index contributed by atoms with van der Waals surface area (Å²) in [6.45, 7) is 1.39. The summed E-state index contributed by atoms with van der Waals surface area (Å²) in [5.74, 6) is 0. The number of aryl methyl sites for hydroxylation is 2. The summed E-state index contributed by atoms with van der Waals surface area (Å²) < 4.78 is 3.86. The molecule has 5 heteroatoms. The highest BCUT2D eigenvalue weighted by atomic mass is 32.2. The molecule has 1 aromatic carbocycles. The van der Waals surface area contributed by atoms with Crippen molar-refractivity contribution in [2.45, 2.75) is 18.0 Å². The maximum atomic E-state index is 11.7. The van der Waals surface area contributed by atoms with Crippen molar-refractivity contribution in [3.63, 3.8) is 0 Å². The van der Waals surface area contributed by atoms with Crippen molar-refractivity contribution < 1.29 is 0 Å². The van der Waals surface area contributed by atoms with Crippen LogP contribution in [0.25, 0.3) is 10.9 Å². The van der Waals surface area contributed by atoms with Gasteiger partial charge in [-0.25, -0.2) is 0 Å². The molecule has 21 heavy (non-hydrogen) atoms. The second-order valence-corrected chi connectivity index (χ2v) is 5.75. The van der Waals surface area contributed by atoms with Crippen molar-refractivity contribution in [1.82, 2.24) is 9.13 Å². The summed E-state index contributed by atoms with van der Waals surface area (Å²) in [6.07, 6.45) is 5.92. The van der Waals surface area contributed by atoms with Gasteiger partial charge in [0.2, 0.25) is 0 Å². The fourth-order valence-electron chi connectivity index (χ4n) is 2.51. The largest absolute Gasteiger partial charge is 0.399 e. The maximum Gasteiger partial charge on any atom is 0.250 e. The molecular formula is C16H17N3OS. The summed E-state index contributed by atoms with van der Waals surface area (Å²) in [5.41, 5.74) is 7.89. The quantitative estimate of drug-likeness (QED) is 0.595. The van der Waals surface area contributed by atoms with Gasteiger partial charge < -0.3 is 14.9 Å². The molecule has 0 unspecified atom stereocenters. The Balaban J connectivity index is 1.93. The van der Waals surface area contributed by atoms with Gasteiger partial charge in [0.1, 0.15) is 0 Å². The van der Waals surface area contributed by atoms with Gasteiger partial charge in [0.15, 0.2) is 0 Å². The monoisotopic (exact) mass is 299 g/mol. The van der Waals surface area contributed by atoms with Gasteiger partial charge in [-0.2, -0.15) is 0 Å². The van der Waals surface area contributed by atoms with Crippen LogP contribution in [0.3, 0.4) is 0 Å². The lowest BCUT2D eigenvalue weighted by Crippen LogP contribution is -2.20. The standard InChI is InChI=1S/C16H17N3OS/c1-21-15-11-12(17)10-14-13(15)5-7-18(14)8-9-19-6-3-2-4-16(19)20/h2-7,10-11H,8-9,17H2,1H3. The molecule has 0 spiro atoms. The molecule has 2 N–H and O–H groups in total. The number of aromatic nitrogens is 2. The van der Waals surface area contributed by atoms with Crippen molar-refractivity contribution in [3.8, 4) is 0 Å². The third kappa shape index (κ3) is 2.69. The summed E-state index contributed by atoms with van der Waals surface area (Å²) in [7, 11) is 0. The number of thioether (sulfide) groups is 1. The van der Waals surface area contributed by atoms with Gasteiger partial charge in [0, 0.05) is 47.5 Å². The van der Waals surface area contributed by atoms with E-state index in [1.165, 1.54) is 10.3 Å². The minimum absolute atomic E-state index is 0.0262. The average Bonchev–Trinajstić information content (AvgIpc) is 2.88. The van der Waals surface area contributed by atoms with E-state index >= 15 is 0 Å². The Hall–Kier alpha value is -2.14. The highest BCUT2D eigenvalue weighted by Crippen LogP contribution is 2.30. The number of nitrogens with zero attached hydrogens (tertiary/aromatic N) is 2. The zero-order valence-electron chi connectivity index (χ0n) is 11.8. The summed E-state index contributed by atoms with van der Waals surface area (Å²) in [5, 5.41) is 1.21. The lowest BCUT2D eigenvalue weighted by atomic mass is 10.2. The van der Waals surface area contributed by atoms with Crippen LogP contribution in [-0.4, -0.2) is 15.4 Å². The van der Waals surface area contributed by atoms with E-state index in [-0.39, 0.29) is 5.56 Å². The molecule has 0 radical (unpaired) electrons. The number of hydrogen-bond acceptors (Lipinski definition) is 3. The van der Waals surface area contributed by atoms with E-state index in [1.807, 2.05) is 24.4 Å². The van der Waals surface area contributed by atoms with Crippen LogP contribution in [-0.2, 0) is 13.1 Å². The molecule has 0 fully saturated rings. The van der Waals surface area contributed by atoms with Crippen LogP contribution in [0, 0.1) is 0 Å². The van der Waals surface area contributed by atoms with Gasteiger partial charge in [-0.1, -0.05) is 6.07 Å². The minimum atomic E-state index is 0.0262. The van der Waals surface area contributed by atoms with Crippen LogP contribution < -0.4 is 11.3 Å². The van der Waals surface area contributed by atoms with Gasteiger partial charge in [-0.15, -0.1) is 11.8 Å². The molecule has 3 rings (SSSR count). The van der Waals surface area contributed by atoms with Crippen LogP contribution in [0.15, 0.2) is 58.5 Å². The second kappa shape index (κ2) is 5.69. The Morgan fingerprint density at radius 3 is 2.67 bits per heavy atom. The number of anilines is 1. The topological polar surface area (TPSA) is 52.9 Å². The smallest absolute Gasteiger partial charge is 0.250 e. The third-order valence-corrected chi connectivity index (χ3v) is 4.35. The fraction of sp³-hybridized carbons (Fsp3) is 0.188. The molecule has 0 amide bonds. The zero-order chi connectivity index (χ0) is 14.8. The number of benzene rings is 1. The molecule has 0 aliphatic rings. The van der Waals surface area contributed by atoms with E-state index in [9.17, 15) is 4.79 Å². The molecule has 108 valence electrons. The Bertz CT molecular complexity index is 835. The van der Waals surface area contributed by atoms with Crippen molar-refractivity contribution in [2.75, 3.05) is 12.0 Å². The Labute approximate surface area is 127 Å². The Kier molecular flexibility index (Phi) is 3.75. The summed E-state index contributed by atoms with van der Waals surface area (Å²) in [4.78, 5) is 12.9. The Morgan fingerprint density at radius 1 is 1.10 bits per heavy atom. The van der Waals surface area contributed by atoms with Crippen LogP contribution in [0.2, 0.25) is 0 Å². The molecule has 2 heterocycles. The maximum absolute atomic E-state index is 11.7. The molecule has 4 nitrogen and oxygen atoms in total. The van der Waals surface area contributed by atoms with Crippen LogP contribution in [0.1, 0.15) is 0 Å². The first-order valence-electron chi connectivity index (χ1n) is 6.77. The van der Waals surface area contributed by atoms with E-state index in [2.05, 4.69) is 23.1 Å². The van der Waals surface area contributed by atoms with Crippen molar-refractivity contribution >= 4 is 28.4 Å². The van der Waals surface area contributed by atoms with Crippen molar-refractivity contribution in [2.24, 2.45) is 0 Å². The second-order valence-electron chi connectivity index (χ2n) is 4.90. The molecule has 0 saturated heterocycles. The van der Waals surface area contributed by atoms with E-state index < -0.39 is 0 Å². The zero-order valence-corrected chi connectivity index (χ0v) is 12.6. The molecule has 0 atom stereocenters. The predicted octanol–water partition coefficient (Wildman–Crippen LogP) is 2.81. The van der Waals surface area contributed by atoms with Gasteiger partial charge >= 0.3 is 0 Å². The number of nitrogens with two attached hydrogens (primary N) is 1. The average molecular weight is 299 g/mol. The first-order chi connectivity index (χ1) is 10.2. The first-order valence-corrected chi connectivity index (χ1v) is 7.99. The van der Waals surface area contributed by atoms with E-state index in [0.717, 1.165) is 17.7 Å². The summed E-state index contributed by atoms with van der Waals surface area (Å²) in [6, 6.07) is 11.3. The molecule has 0 bridgehead atoms. The number of nitrogen functional groups attached to an aromatic ring is 1. The van der Waals surface area contributed by atoms with E-state index in [0.29, 0.717) is 6.54 Å². The number of hydrogen-bond donors (Lipinski definition) is 1. The van der Waals surface area contributed by atoms with Gasteiger partial charge in [-0.3, -0.25) is 4.79 Å². The SMILES string of the molecule is CSc1cc(N)cc2c1ccn2CCn1ccccc1=O. The predicted molar refractivity (Wildman–Crippen MR) is 88.8 cm³/mol. The lowest BCUT2D eigenvalue weighted by Gasteiger charge is -2.09. The molecule has 0 aliphatic heterocycles. The third-order valence-electron chi connectivity index (χ3n) is 3.57. The molecule has 2 aromatic heterocycles. The van der Waals surface area contributed by atoms with Gasteiger partial charge in [0.25, 0.3) is 5.56 Å². The summed E-state index contributed by atoms with van der Waals surface area (Å²) >= 11 is 1.69. The molecular weight excluding hydrogens is 282 g/mol. The first kappa shape index (κ1) is 13.8. The lowest BCUT2D eigenvalue weighted by molar-refractivity contribution is 0.577. The van der Waals surface area contributed by atoms with E-state index in [1.54, 1.807) is 28.5 Å². The normalized spacial score (nSPS) is 11.1. The Morgan fingerprint density at radius 2 is 1.90 bits per heavy atom. The van der Waals surface area contributed by atoms with E-state index in [4.69, 9.17) is 5.73 Å². The number of pyridine rings is 1. The molecule has 3 aromatic rings. The highest BCUT2D eigenvalue weighted by molar-refractivity contribution is 7.98. The minimum Gasteiger partial charge on any atom is -0.399 e. The molecule has 0 saturated carbocycles. The van der Waals surface area contributed by atoms with Crippen LogP contribution >= 0.6 is 11.8 Å². The highest BCUT2D eigenvalue weighted by Gasteiger charge is 2.07. The van der Waals surface area contributed by atoms with Gasteiger partial charge in [0.05, 0.1) is 5.52 Å². The fourth-order valence-corrected chi connectivity index (χ4v) is 3.15. The number of rotatable bonds is 4. The van der Waals surface area contributed by atoms with Gasteiger partial charge in [-0.05, 0) is 30.5 Å². The number of fused-ring (bicyclic) bond motifs is 1.